The number of benzene rings is 1. The van der Waals surface area contributed by atoms with Crippen LogP contribution in [0.4, 0.5) is 5.13 Å². The molecule has 3 rings (SSSR count). The SMILES string of the molecule is CCCCCCCC(=O)N1CCN(c2nc(Cc3cccc(OC)c3)ns2)CC1. The van der Waals surface area contributed by atoms with E-state index in [4.69, 9.17) is 9.72 Å². The number of methoxy groups -OCH3 is 1. The molecule has 1 aliphatic heterocycles. The van der Waals surface area contributed by atoms with Gasteiger partial charge in [0.1, 0.15) is 11.6 Å². The molecule has 29 heavy (non-hydrogen) atoms. The predicted molar refractivity (Wildman–Crippen MR) is 118 cm³/mol. The summed E-state index contributed by atoms with van der Waals surface area (Å²) in [6.45, 7) is 5.42. The minimum Gasteiger partial charge on any atom is -0.497 e. The maximum atomic E-state index is 12.4. The fourth-order valence-electron chi connectivity index (χ4n) is 3.60. The lowest BCUT2D eigenvalue weighted by molar-refractivity contribution is -0.131. The number of anilines is 1. The highest BCUT2D eigenvalue weighted by Crippen LogP contribution is 2.22. The smallest absolute Gasteiger partial charge is 0.222 e. The van der Waals surface area contributed by atoms with E-state index in [9.17, 15) is 4.79 Å². The Morgan fingerprint density at radius 2 is 1.93 bits per heavy atom. The van der Waals surface area contributed by atoms with Crippen molar-refractivity contribution in [1.82, 2.24) is 14.3 Å². The van der Waals surface area contributed by atoms with Gasteiger partial charge in [0.25, 0.3) is 0 Å². The lowest BCUT2D eigenvalue weighted by atomic mass is 10.1. The van der Waals surface area contributed by atoms with Gasteiger partial charge in [0.05, 0.1) is 7.11 Å². The lowest BCUT2D eigenvalue weighted by Gasteiger charge is -2.34. The molecule has 0 N–H and O–H groups in total. The van der Waals surface area contributed by atoms with Crippen molar-refractivity contribution >= 4 is 22.6 Å². The molecular weight excluding hydrogens is 384 g/mol. The van der Waals surface area contributed by atoms with Gasteiger partial charge in [0, 0.05) is 50.6 Å². The molecule has 0 spiro atoms. The Kier molecular flexibility index (Phi) is 8.28. The Balaban J connectivity index is 1.44. The number of nitrogens with zero attached hydrogens (tertiary/aromatic N) is 4. The highest BCUT2D eigenvalue weighted by molar-refractivity contribution is 7.09. The topological polar surface area (TPSA) is 58.6 Å². The van der Waals surface area contributed by atoms with Gasteiger partial charge in [-0.2, -0.15) is 4.37 Å². The van der Waals surface area contributed by atoms with E-state index in [1.807, 2.05) is 23.1 Å². The van der Waals surface area contributed by atoms with Gasteiger partial charge >= 0.3 is 0 Å². The predicted octanol–water partition coefficient (Wildman–Crippen LogP) is 4.15. The second kappa shape index (κ2) is 11.1. The number of piperazine rings is 1. The van der Waals surface area contributed by atoms with Crippen LogP contribution < -0.4 is 9.64 Å². The van der Waals surface area contributed by atoms with Gasteiger partial charge in [-0.3, -0.25) is 4.79 Å². The summed E-state index contributed by atoms with van der Waals surface area (Å²) < 4.78 is 9.81. The molecule has 0 radical (unpaired) electrons. The standard InChI is InChI=1S/C22H32N4O2S/c1-3-4-5-6-7-11-21(27)25-12-14-26(15-13-25)22-23-20(24-29-22)17-18-9-8-10-19(16-18)28-2/h8-10,16H,3-7,11-15,17H2,1-2H3. The monoisotopic (exact) mass is 416 g/mol. The van der Waals surface area contributed by atoms with Crippen LogP contribution in [0.25, 0.3) is 0 Å². The van der Waals surface area contributed by atoms with Gasteiger partial charge < -0.3 is 14.5 Å². The second-order valence-corrected chi connectivity index (χ2v) is 8.28. The van der Waals surface area contributed by atoms with Crippen molar-refractivity contribution in [2.75, 3.05) is 38.2 Å². The summed E-state index contributed by atoms with van der Waals surface area (Å²) in [5.41, 5.74) is 1.14. The molecule has 1 amide bonds. The summed E-state index contributed by atoms with van der Waals surface area (Å²) in [7, 11) is 1.68. The molecule has 1 fully saturated rings. The summed E-state index contributed by atoms with van der Waals surface area (Å²) in [5, 5.41) is 0.953. The molecule has 6 nitrogen and oxygen atoms in total. The molecule has 2 heterocycles. The second-order valence-electron chi connectivity index (χ2n) is 7.55. The van der Waals surface area contributed by atoms with E-state index in [0.29, 0.717) is 18.7 Å². The van der Waals surface area contributed by atoms with Crippen molar-refractivity contribution in [3.05, 3.63) is 35.7 Å². The lowest BCUT2D eigenvalue weighted by Crippen LogP contribution is -2.48. The first-order valence-electron chi connectivity index (χ1n) is 10.7. The van der Waals surface area contributed by atoms with Crippen molar-refractivity contribution in [3.8, 4) is 5.75 Å². The van der Waals surface area contributed by atoms with E-state index < -0.39 is 0 Å². The van der Waals surface area contributed by atoms with Crippen LogP contribution in [0.3, 0.4) is 0 Å². The molecule has 7 heteroatoms. The van der Waals surface area contributed by atoms with Crippen LogP contribution in [-0.4, -0.2) is 53.5 Å². The first kappa shape index (κ1) is 21.6. The third-order valence-corrected chi connectivity index (χ3v) is 6.17. The molecule has 1 aromatic heterocycles. The van der Waals surface area contributed by atoms with E-state index in [0.717, 1.165) is 54.9 Å². The van der Waals surface area contributed by atoms with Crippen LogP contribution in [-0.2, 0) is 11.2 Å². The highest BCUT2D eigenvalue weighted by atomic mass is 32.1. The third kappa shape index (κ3) is 6.42. The molecule has 158 valence electrons. The Morgan fingerprint density at radius 1 is 1.14 bits per heavy atom. The van der Waals surface area contributed by atoms with Crippen molar-refractivity contribution in [3.63, 3.8) is 0 Å². The minimum atomic E-state index is 0.303. The van der Waals surface area contributed by atoms with Crippen LogP contribution in [0.2, 0.25) is 0 Å². The maximum Gasteiger partial charge on any atom is 0.222 e. The van der Waals surface area contributed by atoms with E-state index >= 15 is 0 Å². The van der Waals surface area contributed by atoms with E-state index in [-0.39, 0.29) is 0 Å². The van der Waals surface area contributed by atoms with Crippen molar-refractivity contribution in [2.24, 2.45) is 0 Å². The van der Waals surface area contributed by atoms with Crippen LogP contribution in [0.15, 0.2) is 24.3 Å². The Labute approximate surface area is 178 Å². The quantitative estimate of drug-likeness (QED) is 0.545. The van der Waals surface area contributed by atoms with Gasteiger partial charge in [-0.1, -0.05) is 44.7 Å². The van der Waals surface area contributed by atoms with Crippen LogP contribution >= 0.6 is 11.5 Å². The number of ether oxygens (including phenoxy) is 1. The number of aromatic nitrogens is 2. The number of hydrogen-bond acceptors (Lipinski definition) is 6. The average molecular weight is 417 g/mol. The van der Waals surface area contributed by atoms with Crippen molar-refractivity contribution in [2.45, 2.75) is 51.9 Å². The first-order valence-corrected chi connectivity index (χ1v) is 11.4. The fourth-order valence-corrected chi connectivity index (χ4v) is 4.33. The van der Waals surface area contributed by atoms with Gasteiger partial charge in [0.15, 0.2) is 0 Å². The number of amides is 1. The van der Waals surface area contributed by atoms with Crippen LogP contribution in [0, 0.1) is 0 Å². The van der Waals surface area contributed by atoms with Crippen molar-refractivity contribution in [1.29, 1.82) is 0 Å². The average Bonchev–Trinajstić information content (AvgIpc) is 3.22. The molecule has 2 aromatic rings. The molecule has 0 saturated carbocycles. The molecule has 1 saturated heterocycles. The van der Waals surface area contributed by atoms with Gasteiger partial charge in [0.2, 0.25) is 11.0 Å². The van der Waals surface area contributed by atoms with E-state index in [2.05, 4.69) is 22.3 Å². The number of carbonyl (C=O) groups is 1. The molecular formula is C22H32N4O2S. The first-order chi connectivity index (χ1) is 14.2. The number of rotatable bonds is 10. The van der Waals surface area contributed by atoms with E-state index in [1.165, 1.54) is 37.2 Å². The minimum absolute atomic E-state index is 0.303. The number of unbranched alkanes of at least 4 members (excludes halogenated alkanes) is 4. The highest BCUT2D eigenvalue weighted by Gasteiger charge is 2.23. The van der Waals surface area contributed by atoms with Gasteiger partial charge in [-0.25, -0.2) is 4.98 Å². The van der Waals surface area contributed by atoms with Crippen LogP contribution in [0.1, 0.15) is 56.8 Å². The van der Waals surface area contributed by atoms with Gasteiger partial charge in [-0.05, 0) is 24.1 Å². The summed E-state index contributed by atoms with van der Waals surface area (Å²) in [6.07, 6.45) is 7.32. The Hall–Kier alpha value is -2.15. The fraction of sp³-hybridized carbons (Fsp3) is 0.591. The third-order valence-electron chi connectivity index (χ3n) is 5.35. The Bertz CT molecular complexity index is 772. The van der Waals surface area contributed by atoms with Crippen molar-refractivity contribution < 1.29 is 9.53 Å². The summed E-state index contributed by atoms with van der Waals surface area (Å²) in [6, 6.07) is 8.01. The molecule has 0 atom stereocenters. The molecule has 1 aliphatic rings. The number of hydrogen-bond donors (Lipinski definition) is 0. The van der Waals surface area contributed by atoms with E-state index in [1.54, 1.807) is 7.11 Å². The number of carbonyl (C=O) groups excluding carboxylic acids is 1. The normalized spacial score (nSPS) is 14.3. The summed E-state index contributed by atoms with van der Waals surface area (Å²) in [5.74, 6) is 1.99. The molecule has 0 aliphatic carbocycles. The maximum absolute atomic E-state index is 12.4. The zero-order valence-electron chi connectivity index (χ0n) is 17.6. The summed E-state index contributed by atoms with van der Waals surface area (Å²) in [4.78, 5) is 21.4. The summed E-state index contributed by atoms with van der Waals surface area (Å²) >= 11 is 1.45. The molecule has 0 unspecified atom stereocenters. The zero-order valence-corrected chi connectivity index (χ0v) is 18.4. The molecule has 1 aromatic carbocycles. The molecule has 0 bridgehead atoms. The van der Waals surface area contributed by atoms with Crippen LogP contribution in [0.5, 0.6) is 5.75 Å². The Morgan fingerprint density at radius 3 is 2.69 bits per heavy atom. The van der Waals surface area contributed by atoms with Gasteiger partial charge in [-0.15, -0.1) is 0 Å². The zero-order chi connectivity index (χ0) is 20.5. The largest absolute Gasteiger partial charge is 0.497 e.